The summed E-state index contributed by atoms with van der Waals surface area (Å²) in [6.45, 7) is 2.26. The second-order valence-corrected chi connectivity index (χ2v) is 7.00. The van der Waals surface area contributed by atoms with Gasteiger partial charge in [-0.15, -0.1) is 0 Å². The molecule has 23 heavy (non-hydrogen) atoms. The van der Waals surface area contributed by atoms with Crippen molar-refractivity contribution in [2.45, 2.75) is 77.0 Å². The molecule has 0 bridgehead atoms. The van der Waals surface area contributed by atoms with Crippen molar-refractivity contribution in [1.82, 2.24) is 0 Å². The zero-order valence-electron chi connectivity index (χ0n) is 14.4. The Bertz CT molecular complexity index is 467. The second kappa shape index (κ2) is 9.85. The predicted molar refractivity (Wildman–Crippen MR) is 94.7 cm³/mol. The van der Waals surface area contributed by atoms with Gasteiger partial charge in [-0.05, 0) is 43.1 Å². The molecule has 2 heteroatoms. The van der Waals surface area contributed by atoms with Crippen molar-refractivity contribution in [3.63, 3.8) is 0 Å². The highest BCUT2D eigenvalue weighted by Crippen LogP contribution is 2.38. The van der Waals surface area contributed by atoms with Gasteiger partial charge < -0.3 is 0 Å². The molecule has 0 nitrogen and oxygen atoms in total. The van der Waals surface area contributed by atoms with Crippen molar-refractivity contribution in [1.29, 1.82) is 0 Å². The van der Waals surface area contributed by atoms with Crippen LogP contribution in [0.25, 0.3) is 5.83 Å². The second-order valence-electron chi connectivity index (χ2n) is 7.00. The van der Waals surface area contributed by atoms with Crippen LogP contribution in [-0.4, -0.2) is 0 Å². The average Bonchev–Trinajstić information content (AvgIpc) is 2.61. The molecule has 0 amide bonds. The minimum absolute atomic E-state index is 0.0285. The van der Waals surface area contributed by atoms with Crippen LogP contribution in [0.2, 0.25) is 0 Å². The number of halogens is 2. The zero-order chi connectivity index (χ0) is 16.5. The summed E-state index contributed by atoms with van der Waals surface area (Å²) in [7, 11) is 0. The topological polar surface area (TPSA) is 0 Å². The minimum Gasteiger partial charge on any atom is -0.212 e. The van der Waals surface area contributed by atoms with Gasteiger partial charge in [-0.1, -0.05) is 69.7 Å². The Morgan fingerprint density at radius 3 is 2.26 bits per heavy atom. The van der Waals surface area contributed by atoms with Gasteiger partial charge in [0.2, 0.25) is 0 Å². The molecule has 1 aromatic rings. The standard InChI is InChI=1S/C21H30F2/c1-2-3-4-5-6-7-17-8-10-18(11-9-17)19-12-14-20(15-13-19)21(23)16-22/h12-18H,2-11H2,1H3/t17-,18-. The van der Waals surface area contributed by atoms with Crippen LogP contribution in [0.3, 0.4) is 0 Å². The van der Waals surface area contributed by atoms with E-state index in [1.165, 1.54) is 69.8 Å². The van der Waals surface area contributed by atoms with E-state index in [0.29, 0.717) is 11.5 Å². The molecular formula is C21H30F2. The van der Waals surface area contributed by atoms with Gasteiger partial charge >= 0.3 is 0 Å². The molecule has 0 heterocycles. The first-order chi connectivity index (χ1) is 11.2. The van der Waals surface area contributed by atoms with Crippen molar-refractivity contribution >= 4 is 5.83 Å². The van der Waals surface area contributed by atoms with Gasteiger partial charge in [0.25, 0.3) is 0 Å². The van der Waals surface area contributed by atoms with Crippen LogP contribution < -0.4 is 0 Å². The fraction of sp³-hybridized carbons (Fsp3) is 0.619. The third-order valence-corrected chi connectivity index (χ3v) is 5.32. The Kier molecular flexibility index (Phi) is 7.78. The Labute approximate surface area is 140 Å². The van der Waals surface area contributed by atoms with E-state index in [9.17, 15) is 8.78 Å². The van der Waals surface area contributed by atoms with E-state index in [1.54, 1.807) is 12.1 Å². The highest BCUT2D eigenvalue weighted by atomic mass is 19.2. The molecule has 1 saturated carbocycles. The number of benzene rings is 1. The lowest BCUT2D eigenvalue weighted by Gasteiger charge is -2.29. The minimum atomic E-state index is -0.789. The van der Waals surface area contributed by atoms with Crippen LogP contribution in [0.5, 0.6) is 0 Å². The van der Waals surface area contributed by atoms with Crippen molar-refractivity contribution in [3.8, 4) is 0 Å². The van der Waals surface area contributed by atoms with E-state index in [-0.39, 0.29) is 6.33 Å². The maximum Gasteiger partial charge on any atom is 0.158 e. The van der Waals surface area contributed by atoms with E-state index in [4.69, 9.17) is 0 Å². The Morgan fingerprint density at radius 2 is 1.65 bits per heavy atom. The normalized spacial score (nSPS) is 22.3. The van der Waals surface area contributed by atoms with Gasteiger partial charge in [0.05, 0.1) is 0 Å². The van der Waals surface area contributed by atoms with E-state index in [2.05, 4.69) is 6.92 Å². The summed E-state index contributed by atoms with van der Waals surface area (Å²) >= 11 is 0. The highest BCUT2D eigenvalue weighted by molar-refractivity contribution is 5.58. The SMILES string of the molecule is CCCCCCC[C@H]1CC[C@H](c2ccc(C(F)=CF)cc2)CC1. The number of hydrogen-bond acceptors (Lipinski definition) is 0. The van der Waals surface area contributed by atoms with Crippen LogP contribution in [0.4, 0.5) is 8.78 Å². The van der Waals surface area contributed by atoms with Crippen molar-refractivity contribution in [2.24, 2.45) is 5.92 Å². The summed E-state index contributed by atoms with van der Waals surface area (Å²) in [5.74, 6) is 0.709. The van der Waals surface area contributed by atoms with Gasteiger partial charge in [-0.25, -0.2) is 8.78 Å². The zero-order valence-corrected chi connectivity index (χ0v) is 14.4. The molecule has 2 rings (SSSR count). The molecule has 0 unspecified atom stereocenters. The number of rotatable bonds is 8. The fourth-order valence-electron chi connectivity index (χ4n) is 3.80. The molecule has 0 N–H and O–H groups in total. The van der Waals surface area contributed by atoms with Gasteiger partial charge in [-0.3, -0.25) is 0 Å². The summed E-state index contributed by atoms with van der Waals surface area (Å²) in [5, 5.41) is 0. The smallest absolute Gasteiger partial charge is 0.158 e. The summed E-state index contributed by atoms with van der Waals surface area (Å²) in [6.07, 6.45) is 13.4. The lowest BCUT2D eigenvalue weighted by atomic mass is 9.77. The van der Waals surface area contributed by atoms with Crippen LogP contribution in [0.1, 0.15) is 88.2 Å². The molecule has 0 spiro atoms. The number of hydrogen-bond donors (Lipinski definition) is 0. The van der Waals surface area contributed by atoms with Crippen LogP contribution in [0, 0.1) is 5.92 Å². The first-order valence-electron chi connectivity index (χ1n) is 9.30. The third-order valence-electron chi connectivity index (χ3n) is 5.32. The summed E-state index contributed by atoms with van der Waals surface area (Å²) in [4.78, 5) is 0. The van der Waals surface area contributed by atoms with Crippen molar-refractivity contribution in [2.75, 3.05) is 0 Å². The average molecular weight is 320 g/mol. The Hall–Kier alpha value is -1.18. The lowest BCUT2D eigenvalue weighted by Crippen LogP contribution is -2.13. The van der Waals surface area contributed by atoms with Crippen molar-refractivity contribution in [3.05, 3.63) is 41.7 Å². The highest BCUT2D eigenvalue weighted by Gasteiger charge is 2.22. The third kappa shape index (κ3) is 5.75. The predicted octanol–water partition coefficient (Wildman–Crippen LogP) is 7.56. The monoisotopic (exact) mass is 320 g/mol. The van der Waals surface area contributed by atoms with Gasteiger partial charge in [-0.2, -0.15) is 0 Å². The fourth-order valence-corrected chi connectivity index (χ4v) is 3.80. The molecule has 0 aliphatic heterocycles. The van der Waals surface area contributed by atoms with Crippen molar-refractivity contribution < 1.29 is 8.78 Å². The molecule has 1 aromatic carbocycles. The molecule has 0 saturated heterocycles. The maximum absolute atomic E-state index is 13.2. The van der Waals surface area contributed by atoms with E-state index in [0.717, 1.165) is 5.92 Å². The molecule has 1 aliphatic rings. The van der Waals surface area contributed by atoms with E-state index < -0.39 is 5.83 Å². The summed E-state index contributed by atoms with van der Waals surface area (Å²) in [6, 6.07) is 7.32. The number of unbranched alkanes of at least 4 members (excludes halogenated alkanes) is 4. The molecule has 1 aliphatic carbocycles. The molecule has 1 fully saturated rings. The molecule has 0 aromatic heterocycles. The van der Waals surface area contributed by atoms with Crippen LogP contribution in [0.15, 0.2) is 30.6 Å². The lowest BCUT2D eigenvalue weighted by molar-refractivity contribution is 0.302. The summed E-state index contributed by atoms with van der Waals surface area (Å²) in [5.41, 5.74) is 1.61. The van der Waals surface area contributed by atoms with Gasteiger partial charge in [0.15, 0.2) is 5.83 Å². The molecule has 0 atom stereocenters. The van der Waals surface area contributed by atoms with E-state index in [1.807, 2.05) is 12.1 Å². The Morgan fingerprint density at radius 1 is 1.00 bits per heavy atom. The molecule has 128 valence electrons. The van der Waals surface area contributed by atoms with Crippen LogP contribution >= 0.6 is 0 Å². The van der Waals surface area contributed by atoms with Gasteiger partial charge in [0, 0.05) is 5.56 Å². The quantitative estimate of drug-likeness (QED) is 0.433. The first kappa shape index (κ1) is 18.2. The summed E-state index contributed by atoms with van der Waals surface area (Å²) < 4.78 is 25.4. The maximum atomic E-state index is 13.2. The molecule has 0 radical (unpaired) electrons. The molecular weight excluding hydrogens is 290 g/mol. The van der Waals surface area contributed by atoms with E-state index >= 15 is 0 Å². The first-order valence-corrected chi connectivity index (χ1v) is 9.30. The Balaban J connectivity index is 1.73. The van der Waals surface area contributed by atoms with Gasteiger partial charge in [0.1, 0.15) is 6.33 Å². The largest absolute Gasteiger partial charge is 0.212 e. The van der Waals surface area contributed by atoms with Crippen LogP contribution in [-0.2, 0) is 0 Å².